The van der Waals surface area contributed by atoms with Gasteiger partial charge in [0, 0.05) is 23.5 Å². The minimum Gasteiger partial charge on any atom is -0.480 e. The van der Waals surface area contributed by atoms with Gasteiger partial charge in [0.05, 0.1) is 5.70 Å². The van der Waals surface area contributed by atoms with Gasteiger partial charge in [-0.05, 0) is 51.9 Å². The molecule has 4 aromatic rings. The van der Waals surface area contributed by atoms with E-state index in [0.717, 1.165) is 22.4 Å². The molecule has 8 heteroatoms. The summed E-state index contributed by atoms with van der Waals surface area (Å²) in [5, 5.41) is 15.6. The molecule has 30 heavy (non-hydrogen) atoms. The number of aromatic nitrogens is 5. The third-order valence-electron chi connectivity index (χ3n) is 5.39. The Balaban J connectivity index is 1.64. The van der Waals surface area contributed by atoms with Crippen LogP contribution in [0.1, 0.15) is 28.8 Å². The second kappa shape index (κ2) is 6.48. The summed E-state index contributed by atoms with van der Waals surface area (Å²) in [6, 6.07) is 17.7. The summed E-state index contributed by atoms with van der Waals surface area (Å²) in [6.07, 6.45) is 2.98. The smallest absolute Gasteiger partial charge is 0.248 e. The Morgan fingerprint density at radius 1 is 1.00 bits per heavy atom. The molecule has 146 valence electrons. The van der Waals surface area contributed by atoms with E-state index in [9.17, 15) is 4.39 Å². The molecule has 0 spiro atoms. The highest BCUT2D eigenvalue weighted by Crippen LogP contribution is 2.50. The predicted molar refractivity (Wildman–Crippen MR) is 107 cm³/mol. The van der Waals surface area contributed by atoms with Crippen LogP contribution in [-0.2, 0) is 0 Å². The maximum atomic E-state index is 14.1. The van der Waals surface area contributed by atoms with Crippen molar-refractivity contribution in [2.75, 3.05) is 5.32 Å². The van der Waals surface area contributed by atoms with Crippen molar-refractivity contribution in [3.8, 4) is 5.75 Å². The molecule has 0 bridgehead atoms. The summed E-state index contributed by atoms with van der Waals surface area (Å²) >= 11 is 0. The fourth-order valence-electron chi connectivity index (χ4n) is 4.14. The highest BCUT2D eigenvalue weighted by molar-refractivity contribution is 5.85. The van der Waals surface area contributed by atoms with Gasteiger partial charge < -0.3 is 10.1 Å². The van der Waals surface area contributed by atoms with E-state index in [2.05, 4.69) is 25.8 Å². The molecule has 0 unspecified atom stereocenters. The van der Waals surface area contributed by atoms with Crippen molar-refractivity contribution in [1.82, 2.24) is 25.2 Å². The highest BCUT2D eigenvalue weighted by atomic mass is 19.1. The van der Waals surface area contributed by atoms with E-state index >= 15 is 0 Å². The Bertz CT molecular complexity index is 1290. The number of hydrogen-bond acceptors (Lipinski definition) is 6. The molecule has 2 aromatic heterocycles. The molecule has 6 rings (SSSR count). The van der Waals surface area contributed by atoms with Crippen LogP contribution in [0.25, 0.3) is 5.70 Å². The van der Waals surface area contributed by atoms with Crippen LogP contribution in [0.15, 0.2) is 78.6 Å². The zero-order chi connectivity index (χ0) is 20.1. The number of halogens is 1. The van der Waals surface area contributed by atoms with Crippen LogP contribution in [0.4, 0.5) is 10.3 Å². The van der Waals surface area contributed by atoms with Gasteiger partial charge in [-0.3, -0.25) is 4.98 Å². The van der Waals surface area contributed by atoms with Gasteiger partial charge in [-0.1, -0.05) is 35.4 Å². The average molecular weight is 398 g/mol. The van der Waals surface area contributed by atoms with E-state index < -0.39 is 6.10 Å². The lowest BCUT2D eigenvalue weighted by molar-refractivity contribution is 0.222. The Kier molecular flexibility index (Phi) is 3.64. The van der Waals surface area contributed by atoms with Crippen molar-refractivity contribution < 1.29 is 9.13 Å². The maximum Gasteiger partial charge on any atom is 0.248 e. The standard InChI is InChI=1S/C22H15FN6O/c23-15-7-3-5-13(11-15)21-18-19(16-8-1-2-9-17(16)30-21)25-22-26-27-28-29(22)20(18)14-6-4-10-24-12-14/h1-12,20-21H,(H,25,26,28)/t20-,21-/m0/s1. The van der Waals surface area contributed by atoms with Crippen LogP contribution in [0, 0.1) is 5.82 Å². The van der Waals surface area contributed by atoms with Crippen LogP contribution >= 0.6 is 0 Å². The number of hydrogen-bond donors (Lipinski definition) is 1. The normalized spacial score (nSPS) is 19.2. The van der Waals surface area contributed by atoms with E-state index in [-0.39, 0.29) is 11.9 Å². The number of anilines is 1. The van der Waals surface area contributed by atoms with Crippen molar-refractivity contribution >= 4 is 11.6 Å². The summed E-state index contributed by atoms with van der Waals surface area (Å²) in [6.45, 7) is 0. The molecule has 4 heterocycles. The Hall–Kier alpha value is -4.07. The maximum absolute atomic E-state index is 14.1. The summed E-state index contributed by atoms with van der Waals surface area (Å²) in [4.78, 5) is 4.29. The first-order valence-corrected chi connectivity index (χ1v) is 9.50. The fourth-order valence-corrected chi connectivity index (χ4v) is 4.14. The molecule has 0 saturated heterocycles. The van der Waals surface area contributed by atoms with Gasteiger partial charge in [-0.2, -0.15) is 4.68 Å². The van der Waals surface area contributed by atoms with E-state index in [4.69, 9.17) is 4.74 Å². The summed E-state index contributed by atoms with van der Waals surface area (Å²) in [5.41, 5.74) is 4.28. The molecule has 2 aliphatic rings. The number of nitrogens with zero attached hydrogens (tertiary/aromatic N) is 5. The van der Waals surface area contributed by atoms with E-state index in [1.165, 1.54) is 12.1 Å². The summed E-state index contributed by atoms with van der Waals surface area (Å²) in [5.74, 6) is 0.920. The predicted octanol–water partition coefficient (Wildman–Crippen LogP) is 3.77. The molecule has 2 aliphatic heterocycles. The highest BCUT2D eigenvalue weighted by Gasteiger charge is 2.41. The SMILES string of the molecule is Fc1cccc([C@@H]2Oc3ccccc3C3=C2[C@H](c2cccnc2)n2nnnc2N3)c1. The summed E-state index contributed by atoms with van der Waals surface area (Å²) in [7, 11) is 0. The second-order valence-electron chi connectivity index (χ2n) is 7.14. The van der Waals surface area contributed by atoms with Crippen LogP contribution in [0.3, 0.4) is 0 Å². The fraction of sp³-hybridized carbons (Fsp3) is 0.0909. The van der Waals surface area contributed by atoms with Crippen LogP contribution < -0.4 is 10.1 Å². The van der Waals surface area contributed by atoms with Crippen molar-refractivity contribution in [1.29, 1.82) is 0 Å². The lowest BCUT2D eigenvalue weighted by Crippen LogP contribution is -2.32. The third-order valence-corrected chi connectivity index (χ3v) is 5.39. The second-order valence-corrected chi connectivity index (χ2v) is 7.14. The number of nitrogens with one attached hydrogen (secondary N) is 1. The van der Waals surface area contributed by atoms with E-state index in [0.29, 0.717) is 17.3 Å². The summed E-state index contributed by atoms with van der Waals surface area (Å²) < 4.78 is 22.2. The number of fused-ring (bicyclic) bond motifs is 3. The van der Waals surface area contributed by atoms with Crippen LogP contribution in [0.2, 0.25) is 0 Å². The van der Waals surface area contributed by atoms with Crippen molar-refractivity contribution in [3.05, 3.63) is 101 Å². The Morgan fingerprint density at radius 3 is 2.77 bits per heavy atom. The lowest BCUT2D eigenvalue weighted by atomic mass is 9.85. The number of rotatable bonds is 2. The molecule has 0 radical (unpaired) electrons. The molecule has 7 nitrogen and oxygen atoms in total. The molecule has 2 atom stereocenters. The Labute approximate surface area is 170 Å². The lowest BCUT2D eigenvalue weighted by Gasteiger charge is -2.38. The molecule has 0 fully saturated rings. The van der Waals surface area contributed by atoms with Gasteiger partial charge in [0.1, 0.15) is 23.7 Å². The molecule has 0 aliphatic carbocycles. The number of tetrazole rings is 1. The van der Waals surface area contributed by atoms with Crippen molar-refractivity contribution in [2.45, 2.75) is 12.1 Å². The molecular formula is C22H15FN6O. The number of para-hydroxylation sites is 1. The molecular weight excluding hydrogens is 383 g/mol. The topological polar surface area (TPSA) is 77.8 Å². The molecule has 2 aromatic carbocycles. The number of pyridine rings is 1. The zero-order valence-electron chi connectivity index (χ0n) is 15.6. The van der Waals surface area contributed by atoms with Crippen molar-refractivity contribution in [2.24, 2.45) is 0 Å². The Morgan fingerprint density at radius 2 is 1.90 bits per heavy atom. The van der Waals surface area contributed by atoms with Gasteiger partial charge in [-0.15, -0.1) is 0 Å². The van der Waals surface area contributed by atoms with Gasteiger partial charge in [0.25, 0.3) is 0 Å². The average Bonchev–Trinajstić information content (AvgIpc) is 3.26. The zero-order valence-corrected chi connectivity index (χ0v) is 15.6. The van der Waals surface area contributed by atoms with Gasteiger partial charge in [0.2, 0.25) is 5.95 Å². The first-order chi connectivity index (χ1) is 14.8. The van der Waals surface area contributed by atoms with Crippen molar-refractivity contribution in [3.63, 3.8) is 0 Å². The molecule has 0 saturated carbocycles. The molecule has 0 amide bonds. The van der Waals surface area contributed by atoms with Gasteiger partial charge in [-0.25, -0.2) is 4.39 Å². The van der Waals surface area contributed by atoms with Gasteiger partial charge >= 0.3 is 0 Å². The van der Waals surface area contributed by atoms with Gasteiger partial charge in [0.15, 0.2) is 0 Å². The monoisotopic (exact) mass is 398 g/mol. The van der Waals surface area contributed by atoms with Crippen LogP contribution in [0.5, 0.6) is 5.75 Å². The first-order valence-electron chi connectivity index (χ1n) is 9.50. The number of ether oxygens (including phenoxy) is 1. The number of benzene rings is 2. The third kappa shape index (κ3) is 2.50. The quantitative estimate of drug-likeness (QED) is 0.554. The van der Waals surface area contributed by atoms with Crippen LogP contribution in [-0.4, -0.2) is 25.2 Å². The largest absolute Gasteiger partial charge is 0.480 e. The van der Waals surface area contributed by atoms with E-state index in [1.807, 2.05) is 42.5 Å². The minimum absolute atomic E-state index is 0.318. The molecule has 1 N–H and O–H groups in total. The minimum atomic E-state index is -0.527. The first kappa shape index (κ1) is 16.8. The van der Waals surface area contributed by atoms with E-state index in [1.54, 1.807) is 23.1 Å².